The Bertz CT molecular complexity index is 396. The molecule has 2 aliphatic heterocycles. The van der Waals surface area contributed by atoms with E-state index in [1.54, 1.807) is 0 Å². The topological polar surface area (TPSA) is 50.8 Å². The molecule has 2 saturated heterocycles. The van der Waals surface area contributed by atoms with Crippen LogP contribution in [-0.4, -0.2) is 57.0 Å². The number of rotatable bonds is 2. The van der Waals surface area contributed by atoms with Crippen LogP contribution in [0.4, 0.5) is 4.79 Å². The molecule has 3 aliphatic rings. The van der Waals surface area contributed by atoms with Crippen molar-refractivity contribution in [2.45, 2.75) is 45.4 Å². The molecule has 2 atom stereocenters. The van der Waals surface area contributed by atoms with E-state index in [-0.39, 0.29) is 11.4 Å². The van der Waals surface area contributed by atoms with Crippen molar-refractivity contribution in [2.24, 2.45) is 17.3 Å². The summed E-state index contributed by atoms with van der Waals surface area (Å²) in [5.41, 5.74) is 0.101. The van der Waals surface area contributed by atoms with E-state index in [9.17, 15) is 4.79 Å². The summed E-state index contributed by atoms with van der Waals surface area (Å²) in [5.74, 6) is 1.38. The first kappa shape index (κ1) is 17.0. The zero-order valence-electron chi connectivity index (χ0n) is 14.5. The van der Waals surface area contributed by atoms with Gasteiger partial charge >= 0.3 is 6.03 Å². The second kappa shape index (κ2) is 7.84. The lowest BCUT2D eigenvalue weighted by Crippen LogP contribution is -2.49. The van der Waals surface area contributed by atoms with Crippen LogP contribution >= 0.6 is 0 Å². The largest absolute Gasteiger partial charge is 0.381 e. The smallest absolute Gasteiger partial charge is 0.317 e. The fourth-order valence-corrected chi connectivity index (χ4v) is 4.30. The lowest BCUT2D eigenvalue weighted by atomic mass is 9.80. The summed E-state index contributed by atoms with van der Waals surface area (Å²) in [6, 6.07) is 0.0964. The van der Waals surface area contributed by atoms with Gasteiger partial charge in [0.25, 0.3) is 0 Å². The third-order valence-electron chi connectivity index (χ3n) is 6.09. The summed E-state index contributed by atoms with van der Waals surface area (Å²) in [5, 5.41) is 3.20. The van der Waals surface area contributed by atoms with Gasteiger partial charge in [-0.25, -0.2) is 4.79 Å². The molecule has 3 fully saturated rings. The molecule has 3 rings (SSSR count). The van der Waals surface area contributed by atoms with Gasteiger partial charge in [-0.3, -0.25) is 0 Å². The molecule has 1 aliphatic carbocycles. The number of nitrogens with one attached hydrogen (secondary N) is 1. The first-order valence-electron chi connectivity index (χ1n) is 9.37. The van der Waals surface area contributed by atoms with Gasteiger partial charge in [0.1, 0.15) is 0 Å². The molecule has 1 N–H and O–H groups in total. The fraction of sp³-hybridized carbons (Fsp3) is 0.944. The van der Waals surface area contributed by atoms with Crippen LogP contribution in [0, 0.1) is 17.3 Å². The Kier molecular flexibility index (Phi) is 5.81. The summed E-state index contributed by atoms with van der Waals surface area (Å²) < 4.78 is 11.3. The van der Waals surface area contributed by atoms with Crippen LogP contribution in [0.25, 0.3) is 0 Å². The van der Waals surface area contributed by atoms with Crippen LogP contribution in [0.2, 0.25) is 0 Å². The normalized spacial score (nSPS) is 31.6. The summed E-state index contributed by atoms with van der Waals surface area (Å²) >= 11 is 0. The number of hydrogen-bond donors (Lipinski definition) is 1. The predicted molar refractivity (Wildman–Crippen MR) is 89.4 cm³/mol. The Morgan fingerprint density at radius 2 is 1.96 bits per heavy atom. The maximum Gasteiger partial charge on any atom is 0.317 e. The van der Waals surface area contributed by atoms with Crippen molar-refractivity contribution in [3.63, 3.8) is 0 Å². The summed E-state index contributed by atoms with van der Waals surface area (Å²) in [7, 11) is 0. The van der Waals surface area contributed by atoms with Crippen molar-refractivity contribution in [1.29, 1.82) is 0 Å². The molecule has 5 heteroatoms. The van der Waals surface area contributed by atoms with E-state index >= 15 is 0 Å². The van der Waals surface area contributed by atoms with E-state index in [4.69, 9.17) is 9.47 Å². The number of ether oxygens (including phenoxy) is 2. The zero-order valence-corrected chi connectivity index (χ0v) is 14.5. The van der Waals surface area contributed by atoms with Crippen molar-refractivity contribution in [3.8, 4) is 0 Å². The van der Waals surface area contributed by atoms with Gasteiger partial charge in [-0.15, -0.1) is 0 Å². The molecule has 2 amide bonds. The van der Waals surface area contributed by atoms with Gasteiger partial charge < -0.3 is 19.7 Å². The first-order chi connectivity index (χ1) is 11.2. The van der Waals surface area contributed by atoms with Crippen LogP contribution in [0.1, 0.15) is 45.4 Å². The second-order valence-corrected chi connectivity index (χ2v) is 7.79. The Labute approximate surface area is 140 Å². The lowest BCUT2D eigenvalue weighted by Gasteiger charge is -2.38. The van der Waals surface area contributed by atoms with Gasteiger partial charge in [0, 0.05) is 38.3 Å². The van der Waals surface area contributed by atoms with E-state index in [2.05, 4.69) is 12.2 Å². The van der Waals surface area contributed by atoms with E-state index in [1.807, 2.05) is 4.90 Å². The Hall–Kier alpha value is -0.810. The molecular weight excluding hydrogens is 292 g/mol. The monoisotopic (exact) mass is 324 g/mol. The molecule has 0 radical (unpaired) electrons. The predicted octanol–water partition coefficient (Wildman–Crippen LogP) is 2.65. The number of urea groups is 1. The van der Waals surface area contributed by atoms with Crippen molar-refractivity contribution in [2.75, 3.05) is 46.1 Å². The SMILES string of the molecule is C[C@@H]1CCCC[C@H]1CNC(=O)N1CCOCC2(CCOCC2)C1. The minimum atomic E-state index is 0.0964. The molecular formula is C18H32N2O3. The van der Waals surface area contributed by atoms with Gasteiger partial charge in [-0.2, -0.15) is 0 Å². The number of hydrogen-bond acceptors (Lipinski definition) is 3. The molecule has 1 saturated carbocycles. The molecule has 0 aromatic rings. The average Bonchev–Trinajstić information content (AvgIpc) is 2.77. The number of amides is 2. The third-order valence-corrected chi connectivity index (χ3v) is 6.09. The third kappa shape index (κ3) is 4.38. The molecule has 1 spiro atoms. The van der Waals surface area contributed by atoms with Crippen LogP contribution in [0.3, 0.4) is 0 Å². The first-order valence-corrected chi connectivity index (χ1v) is 9.37. The minimum Gasteiger partial charge on any atom is -0.381 e. The van der Waals surface area contributed by atoms with Gasteiger partial charge in [-0.05, 0) is 31.1 Å². The van der Waals surface area contributed by atoms with E-state index < -0.39 is 0 Å². The second-order valence-electron chi connectivity index (χ2n) is 7.79. The van der Waals surface area contributed by atoms with E-state index in [0.29, 0.717) is 19.1 Å². The molecule has 0 unspecified atom stereocenters. The molecule has 2 heterocycles. The van der Waals surface area contributed by atoms with Crippen LogP contribution in [0.15, 0.2) is 0 Å². The highest BCUT2D eigenvalue weighted by molar-refractivity contribution is 5.74. The molecule has 132 valence electrons. The quantitative estimate of drug-likeness (QED) is 0.849. The van der Waals surface area contributed by atoms with Crippen molar-refractivity contribution in [3.05, 3.63) is 0 Å². The summed E-state index contributed by atoms with van der Waals surface area (Å²) in [4.78, 5) is 14.6. The number of nitrogens with zero attached hydrogens (tertiary/aromatic N) is 1. The highest BCUT2D eigenvalue weighted by Gasteiger charge is 2.38. The van der Waals surface area contributed by atoms with Crippen LogP contribution in [-0.2, 0) is 9.47 Å². The maximum absolute atomic E-state index is 12.7. The van der Waals surface area contributed by atoms with Gasteiger partial charge in [0.2, 0.25) is 0 Å². The molecule has 23 heavy (non-hydrogen) atoms. The van der Waals surface area contributed by atoms with Gasteiger partial charge in [-0.1, -0.05) is 26.2 Å². The molecule has 0 aromatic heterocycles. The van der Waals surface area contributed by atoms with Crippen LogP contribution < -0.4 is 5.32 Å². The minimum absolute atomic E-state index is 0.0964. The maximum atomic E-state index is 12.7. The lowest BCUT2D eigenvalue weighted by molar-refractivity contribution is -0.0295. The van der Waals surface area contributed by atoms with Crippen molar-refractivity contribution >= 4 is 6.03 Å². The number of carbonyl (C=O) groups is 1. The summed E-state index contributed by atoms with van der Waals surface area (Å²) in [6.07, 6.45) is 7.21. The Balaban J connectivity index is 1.53. The van der Waals surface area contributed by atoms with Crippen molar-refractivity contribution < 1.29 is 14.3 Å². The number of carbonyl (C=O) groups excluding carboxylic acids is 1. The Morgan fingerprint density at radius 1 is 1.17 bits per heavy atom. The van der Waals surface area contributed by atoms with E-state index in [1.165, 1.54) is 25.7 Å². The average molecular weight is 324 g/mol. The van der Waals surface area contributed by atoms with Gasteiger partial charge in [0.05, 0.1) is 13.2 Å². The Morgan fingerprint density at radius 3 is 2.74 bits per heavy atom. The fourth-order valence-electron chi connectivity index (χ4n) is 4.30. The molecule has 0 bridgehead atoms. The van der Waals surface area contributed by atoms with Crippen LogP contribution in [0.5, 0.6) is 0 Å². The van der Waals surface area contributed by atoms with Crippen molar-refractivity contribution in [1.82, 2.24) is 10.2 Å². The summed E-state index contributed by atoms with van der Waals surface area (Å²) in [6.45, 7) is 7.66. The standard InChI is InChI=1S/C18H32N2O3/c1-15-4-2-3-5-16(15)12-19-17(21)20-8-11-23-14-18(13-20)6-9-22-10-7-18/h15-16H,2-14H2,1H3,(H,19,21)/t15-,16+/m1/s1. The highest BCUT2D eigenvalue weighted by atomic mass is 16.5. The zero-order chi connectivity index (χ0) is 16.1. The van der Waals surface area contributed by atoms with E-state index in [0.717, 1.165) is 51.7 Å². The molecule has 0 aromatic carbocycles. The molecule has 5 nitrogen and oxygen atoms in total. The van der Waals surface area contributed by atoms with Gasteiger partial charge in [0.15, 0.2) is 0 Å². The highest BCUT2D eigenvalue weighted by Crippen LogP contribution is 2.33.